The first-order valence-corrected chi connectivity index (χ1v) is 11.5. The number of imidazole rings is 2. The van der Waals surface area contributed by atoms with Crippen molar-refractivity contribution in [2.24, 2.45) is 14.1 Å². The number of nitrogens with zero attached hydrogens (tertiary/aromatic N) is 4. The molecule has 4 aromatic rings. The van der Waals surface area contributed by atoms with Gasteiger partial charge in [-0.2, -0.15) is 0 Å². The van der Waals surface area contributed by atoms with E-state index in [1.807, 2.05) is 79.6 Å². The van der Waals surface area contributed by atoms with Crippen LogP contribution in [0.1, 0.15) is 52.7 Å². The van der Waals surface area contributed by atoms with Crippen LogP contribution in [0.5, 0.6) is 0 Å². The number of aromatic nitrogens is 4. The van der Waals surface area contributed by atoms with E-state index in [0.29, 0.717) is 11.6 Å². The number of hydrogen-bond acceptors (Lipinski definition) is 4. The van der Waals surface area contributed by atoms with E-state index in [0.717, 1.165) is 31.5 Å². The van der Waals surface area contributed by atoms with Gasteiger partial charge in [-0.25, -0.2) is 9.97 Å². The molecule has 4 rings (SSSR count). The predicted molar refractivity (Wildman–Crippen MR) is 154 cm³/mol. The van der Waals surface area contributed by atoms with Crippen molar-refractivity contribution in [3.05, 3.63) is 81.5 Å². The second-order valence-corrected chi connectivity index (χ2v) is 9.23. The van der Waals surface area contributed by atoms with Gasteiger partial charge in [-0.05, 0) is 31.2 Å². The molecule has 0 saturated heterocycles. The van der Waals surface area contributed by atoms with Gasteiger partial charge in [0.05, 0.1) is 11.4 Å². The van der Waals surface area contributed by atoms with Crippen LogP contribution in [0, 0.1) is 0 Å². The van der Waals surface area contributed by atoms with Gasteiger partial charge in [0.25, 0.3) is 0 Å². The maximum Gasteiger partial charge on any atom is 1.00 e. The van der Waals surface area contributed by atoms with Crippen molar-refractivity contribution in [1.29, 1.82) is 0 Å². The number of aryl methyl sites for hydroxylation is 2. The Morgan fingerprint density at radius 2 is 1.25 bits per heavy atom. The number of benzene rings is 2. The molecule has 0 aliphatic carbocycles. The van der Waals surface area contributed by atoms with E-state index in [1.54, 1.807) is 11.5 Å². The van der Waals surface area contributed by atoms with Crippen LogP contribution in [0.15, 0.2) is 69.9 Å². The van der Waals surface area contributed by atoms with Gasteiger partial charge in [0, 0.05) is 61.9 Å². The molecular weight excluding hydrogens is 594 g/mol. The fourth-order valence-corrected chi connectivity index (χ4v) is 3.71. The molecular formula is C26H33BBr2N4NaO2. The summed E-state index contributed by atoms with van der Waals surface area (Å²) in [7, 11) is 3.71. The number of aliphatic hydroxyl groups excluding tert-OH is 1. The van der Waals surface area contributed by atoms with Crippen molar-refractivity contribution in [2.75, 3.05) is 0 Å². The SMILES string of the molecule is C.C.CC(=O)c1nc(-c2ccc(Br)cc2)cn1C.CC(O)c1nc(-c2ccc(Br)cc2)cn1C.[B].[H-].[Na+]. The summed E-state index contributed by atoms with van der Waals surface area (Å²) in [5.41, 5.74) is 3.75. The van der Waals surface area contributed by atoms with Crippen LogP contribution in [0.2, 0.25) is 0 Å². The molecule has 0 saturated carbocycles. The van der Waals surface area contributed by atoms with E-state index in [2.05, 4.69) is 41.8 Å². The first-order chi connectivity index (χ1) is 15.2. The molecule has 1 N–H and O–H groups in total. The van der Waals surface area contributed by atoms with Gasteiger partial charge in [0.2, 0.25) is 0 Å². The zero-order chi connectivity index (χ0) is 23.4. The second-order valence-electron chi connectivity index (χ2n) is 7.40. The minimum Gasteiger partial charge on any atom is -1.00 e. The molecule has 2 heterocycles. The molecule has 0 fully saturated rings. The van der Waals surface area contributed by atoms with Crippen molar-refractivity contribution < 1.29 is 40.9 Å². The van der Waals surface area contributed by atoms with Crippen molar-refractivity contribution in [3.8, 4) is 22.5 Å². The molecule has 2 aromatic carbocycles. The molecule has 0 spiro atoms. The van der Waals surface area contributed by atoms with Crippen molar-refractivity contribution in [1.82, 2.24) is 19.1 Å². The van der Waals surface area contributed by atoms with Crippen LogP contribution in [0.4, 0.5) is 0 Å². The maximum absolute atomic E-state index is 11.3. The standard InChI is InChI=1S/C12H13BrN2O.C12H11BrN2O.2CH4.B.Na.H/c2*1-8(16)12-14-11(7-15(12)2)9-3-5-10(13)6-4-9;;;;;/h3-8,16H,1-2H3;3-7H,1-2H3;2*1H4;;;/q;;;;;+1;-1. The summed E-state index contributed by atoms with van der Waals surface area (Å²) in [5.74, 6) is 1.14. The molecule has 36 heavy (non-hydrogen) atoms. The Bertz CT molecular complexity index is 1230. The minimum absolute atomic E-state index is 0. The molecule has 1 atom stereocenters. The Hall–Kier alpha value is -1.49. The summed E-state index contributed by atoms with van der Waals surface area (Å²) in [6.45, 7) is 3.24. The van der Waals surface area contributed by atoms with Crippen LogP contribution in [0.3, 0.4) is 0 Å². The van der Waals surface area contributed by atoms with Gasteiger partial charge in [-0.15, -0.1) is 0 Å². The average Bonchev–Trinajstić information content (AvgIpc) is 3.33. The Balaban J connectivity index is -0.000000550. The van der Waals surface area contributed by atoms with E-state index >= 15 is 0 Å². The zero-order valence-electron chi connectivity index (χ0n) is 20.8. The fourth-order valence-electron chi connectivity index (χ4n) is 3.18. The largest absolute Gasteiger partial charge is 1.00 e. The first-order valence-electron chi connectivity index (χ1n) is 9.93. The monoisotopic (exact) mass is 625 g/mol. The summed E-state index contributed by atoms with van der Waals surface area (Å²) in [6, 6.07) is 15.8. The van der Waals surface area contributed by atoms with Gasteiger partial charge >= 0.3 is 29.6 Å². The molecule has 2 aromatic heterocycles. The van der Waals surface area contributed by atoms with E-state index < -0.39 is 6.10 Å². The summed E-state index contributed by atoms with van der Waals surface area (Å²) in [4.78, 5) is 20.0. The van der Waals surface area contributed by atoms with Gasteiger partial charge in [0.15, 0.2) is 11.6 Å². The number of halogens is 2. The Morgan fingerprint density at radius 3 is 1.58 bits per heavy atom. The Kier molecular flexibility index (Phi) is 16.7. The number of rotatable bonds is 4. The van der Waals surface area contributed by atoms with Crippen LogP contribution in [-0.4, -0.2) is 38.4 Å². The van der Waals surface area contributed by atoms with E-state index in [4.69, 9.17) is 0 Å². The van der Waals surface area contributed by atoms with Crippen molar-refractivity contribution >= 4 is 46.1 Å². The Labute approximate surface area is 257 Å². The molecule has 10 heteroatoms. The molecule has 0 bridgehead atoms. The number of ketones is 1. The Morgan fingerprint density at radius 1 is 0.861 bits per heavy atom. The van der Waals surface area contributed by atoms with Crippen LogP contribution in [-0.2, 0) is 14.1 Å². The fraction of sp³-hybridized carbons (Fsp3) is 0.269. The number of hydrogen-bond donors (Lipinski definition) is 1. The normalized spacial score (nSPS) is 10.3. The topological polar surface area (TPSA) is 72.9 Å². The summed E-state index contributed by atoms with van der Waals surface area (Å²) >= 11 is 6.78. The third-order valence-corrected chi connectivity index (χ3v) is 5.81. The molecule has 187 valence electrons. The molecule has 6 nitrogen and oxygen atoms in total. The van der Waals surface area contributed by atoms with Crippen LogP contribution in [0.25, 0.3) is 22.5 Å². The maximum atomic E-state index is 11.3. The molecule has 0 aliphatic rings. The second kappa shape index (κ2) is 16.4. The van der Waals surface area contributed by atoms with Gasteiger partial charge in [-0.1, -0.05) is 71.0 Å². The number of carbonyl (C=O) groups is 1. The van der Waals surface area contributed by atoms with Crippen LogP contribution < -0.4 is 29.6 Å². The molecule has 0 amide bonds. The van der Waals surface area contributed by atoms with E-state index in [-0.39, 0.29) is 60.0 Å². The van der Waals surface area contributed by atoms with E-state index in [1.165, 1.54) is 6.92 Å². The van der Waals surface area contributed by atoms with Gasteiger partial charge in [-0.3, -0.25) is 4.79 Å². The number of Topliss-reactive ketones (excluding diaryl/α,β-unsaturated/α-hetero) is 1. The minimum atomic E-state index is -0.547. The van der Waals surface area contributed by atoms with Crippen LogP contribution >= 0.6 is 31.9 Å². The smallest absolute Gasteiger partial charge is 1.00 e. The summed E-state index contributed by atoms with van der Waals surface area (Å²) < 4.78 is 5.67. The summed E-state index contributed by atoms with van der Waals surface area (Å²) in [6.07, 6.45) is 3.24. The van der Waals surface area contributed by atoms with E-state index in [9.17, 15) is 9.90 Å². The predicted octanol–water partition coefficient (Wildman–Crippen LogP) is 3.96. The average molecular weight is 627 g/mol. The van der Waals surface area contributed by atoms with Crippen molar-refractivity contribution in [3.63, 3.8) is 0 Å². The molecule has 3 radical (unpaired) electrons. The third kappa shape index (κ3) is 9.43. The third-order valence-electron chi connectivity index (χ3n) is 4.76. The zero-order valence-corrected chi connectivity index (χ0v) is 25.0. The van der Waals surface area contributed by atoms with Gasteiger partial charge < -0.3 is 15.7 Å². The van der Waals surface area contributed by atoms with Gasteiger partial charge in [0.1, 0.15) is 11.9 Å². The quantitative estimate of drug-likeness (QED) is 0.275. The molecule has 0 aliphatic heterocycles. The number of aliphatic hydroxyl groups is 1. The first kappa shape index (κ1) is 36.7. The number of carbonyl (C=O) groups excluding carboxylic acids is 1. The summed E-state index contributed by atoms with van der Waals surface area (Å²) in [5, 5.41) is 9.52. The van der Waals surface area contributed by atoms with Crippen molar-refractivity contribution in [2.45, 2.75) is 34.8 Å². The molecule has 1 unspecified atom stereocenters.